The van der Waals surface area contributed by atoms with Crippen LogP contribution in [0.4, 0.5) is 15.8 Å². The van der Waals surface area contributed by atoms with E-state index in [2.05, 4.69) is 20.6 Å². The average molecular weight is 575 g/mol. The Morgan fingerprint density at radius 2 is 1.64 bits per heavy atom. The van der Waals surface area contributed by atoms with Gasteiger partial charge in [-0.25, -0.2) is 14.4 Å². The predicted molar refractivity (Wildman–Crippen MR) is 150 cm³/mol. The van der Waals surface area contributed by atoms with Crippen LogP contribution >= 0.6 is 0 Å². The number of amides is 2. The van der Waals surface area contributed by atoms with Crippen LogP contribution in [0.5, 0.6) is 28.9 Å². The highest BCUT2D eigenvalue weighted by molar-refractivity contribution is 6.16. The highest BCUT2D eigenvalue weighted by Gasteiger charge is 2.56. The molecule has 6 rings (SSSR count). The van der Waals surface area contributed by atoms with Gasteiger partial charge in [0.05, 0.1) is 12.1 Å². The second kappa shape index (κ2) is 11.5. The highest BCUT2D eigenvalue weighted by Crippen LogP contribution is 2.49. The van der Waals surface area contributed by atoms with Gasteiger partial charge in [0, 0.05) is 30.6 Å². The topological polar surface area (TPSA) is 130 Å². The predicted octanol–water partition coefficient (Wildman–Crippen LogP) is 4.72. The number of hydrogen-bond donors (Lipinski definition) is 2. The summed E-state index contributed by atoms with van der Waals surface area (Å²) >= 11 is 0. The van der Waals surface area contributed by atoms with Gasteiger partial charge >= 0.3 is 0 Å². The van der Waals surface area contributed by atoms with Gasteiger partial charge in [0.1, 0.15) is 36.9 Å². The third-order valence-corrected chi connectivity index (χ3v) is 6.94. The van der Waals surface area contributed by atoms with Gasteiger partial charge < -0.3 is 34.3 Å². The first-order chi connectivity index (χ1) is 20.5. The van der Waals surface area contributed by atoms with E-state index in [0.717, 1.165) is 6.07 Å². The van der Waals surface area contributed by atoms with Crippen molar-refractivity contribution in [3.8, 4) is 28.9 Å². The molecule has 1 aliphatic carbocycles. The fourth-order valence-corrected chi connectivity index (χ4v) is 4.57. The summed E-state index contributed by atoms with van der Waals surface area (Å²) in [6, 6.07) is 14.5. The number of nitrogens with zero attached hydrogens (tertiary/aromatic N) is 2. The second-order valence-electron chi connectivity index (χ2n) is 9.75. The molecule has 12 heteroatoms. The minimum absolute atomic E-state index is 0.0513. The number of halogens is 1. The largest absolute Gasteiger partial charge is 0.487 e. The zero-order chi connectivity index (χ0) is 29.1. The first-order valence-corrected chi connectivity index (χ1v) is 13.3. The van der Waals surface area contributed by atoms with Crippen LogP contribution in [0.1, 0.15) is 12.8 Å². The van der Waals surface area contributed by atoms with Gasteiger partial charge in [-0.15, -0.1) is 0 Å². The zero-order valence-corrected chi connectivity index (χ0v) is 22.6. The molecule has 0 atom stereocenters. The molecule has 3 aromatic carbocycles. The molecule has 0 unspecified atom stereocenters. The van der Waals surface area contributed by atoms with Crippen LogP contribution in [0.2, 0.25) is 0 Å². The second-order valence-corrected chi connectivity index (χ2v) is 9.75. The fraction of sp³-hybridized carbons (Fsp3) is 0.267. The lowest BCUT2D eigenvalue weighted by molar-refractivity contribution is -0.131. The number of carbonyl (C=O) groups excluding carboxylic acids is 2. The summed E-state index contributed by atoms with van der Waals surface area (Å²) in [5.41, 5.74) is 0.0290. The van der Waals surface area contributed by atoms with Crippen molar-refractivity contribution in [1.29, 1.82) is 0 Å². The van der Waals surface area contributed by atoms with Gasteiger partial charge in [-0.05, 0) is 37.1 Å². The van der Waals surface area contributed by atoms with E-state index in [1.54, 1.807) is 37.4 Å². The van der Waals surface area contributed by atoms with E-state index >= 15 is 4.39 Å². The number of fused-ring (bicyclic) bond motifs is 3. The third-order valence-electron chi connectivity index (χ3n) is 6.94. The molecule has 2 aliphatic rings. The molecule has 0 radical (unpaired) electrons. The van der Waals surface area contributed by atoms with E-state index in [1.807, 2.05) is 6.07 Å². The van der Waals surface area contributed by atoms with E-state index in [4.69, 9.17) is 23.7 Å². The Labute approximate surface area is 239 Å². The van der Waals surface area contributed by atoms with Crippen LogP contribution in [-0.2, 0) is 14.3 Å². The smallest absolute Gasteiger partial charge is 0.240 e. The van der Waals surface area contributed by atoms with Crippen molar-refractivity contribution in [2.45, 2.75) is 12.8 Å². The molecule has 42 heavy (non-hydrogen) atoms. The van der Waals surface area contributed by atoms with E-state index in [-0.39, 0.29) is 23.9 Å². The van der Waals surface area contributed by atoms with Crippen LogP contribution in [0, 0.1) is 11.2 Å². The lowest BCUT2D eigenvalue weighted by Gasteiger charge is -2.23. The summed E-state index contributed by atoms with van der Waals surface area (Å²) in [5.74, 6) is -0.609. The minimum atomic E-state index is -1.20. The summed E-state index contributed by atoms with van der Waals surface area (Å²) in [7, 11) is 1.57. The van der Waals surface area contributed by atoms with Crippen molar-refractivity contribution < 1.29 is 37.7 Å². The van der Waals surface area contributed by atoms with Crippen molar-refractivity contribution in [2.24, 2.45) is 5.41 Å². The number of anilines is 2. The van der Waals surface area contributed by atoms with Crippen LogP contribution in [0.3, 0.4) is 0 Å². The number of aromatic nitrogens is 2. The van der Waals surface area contributed by atoms with Gasteiger partial charge in [-0.3, -0.25) is 9.59 Å². The van der Waals surface area contributed by atoms with E-state index in [1.165, 1.54) is 18.5 Å². The van der Waals surface area contributed by atoms with Crippen LogP contribution in [-0.4, -0.2) is 55.3 Å². The van der Waals surface area contributed by atoms with Crippen LogP contribution < -0.4 is 29.6 Å². The van der Waals surface area contributed by atoms with Gasteiger partial charge in [-0.1, -0.05) is 18.2 Å². The zero-order valence-electron chi connectivity index (χ0n) is 22.6. The monoisotopic (exact) mass is 574 g/mol. The van der Waals surface area contributed by atoms with Crippen molar-refractivity contribution in [2.75, 3.05) is 44.2 Å². The standard InChI is InChI=1S/C30H27FN4O7/c1-38-11-12-39-23-16-21-24(26-25(23)40-13-14-41-26)27(33-17-32-21)42-22-8-7-19(15-20(22)31)35-29(37)30(9-10-30)28(36)34-18-5-3-2-4-6-18/h2-8,15-17H,9-14H2,1H3,(H,34,36)(H,35,37). The fourth-order valence-electron chi connectivity index (χ4n) is 4.57. The SMILES string of the molecule is COCCOc1cc2ncnc(Oc3ccc(NC(=O)C4(C(=O)Nc5ccccc5)CC4)cc3F)c2c2c1OCCO2. The number of nitrogens with one attached hydrogen (secondary N) is 2. The maximum Gasteiger partial charge on any atom is 0.240 e. The molecule has 2 N–H and O–H groups in total. The van der Waals surface area contributed by atoms with E-state index in [9.17, 15) is 9.59 Å². The molecule has 4 aromatic rings. The van der Waals surface area contributed by atoms with Crippen molar-refractivity contribution >= 4 is 34.1 Å². The summed E-state index contributed by atoms with van der Waals surface area (Å²) < 4.78 is 43.6. The molecule has 11 nitrogen and oxygen atoms in total. The number of ether oxygens (including phenoxy) is 5. The Hall–Kier alpha value is -4.97. The van der Waals surface area contributed by atoms with Gasteiger partial charge in [-0.2, -0.15) is 0 Å². The number of hydrogen-bond acceptors (Lipinski definition) is 9. The number of benzene rings is 3. The van der Waals surface area contributed by atoms with Gasteiger partial charge in [0.2, 0.25) is 23.4 Å². The maximum absolute atomic E-state index is 15.2. The molecule has 1 fully saturated rings. The Morgan fingerprint density at radius 1 is 0.905 bits per heavy atom. The van der Waals surface area contributed by atoms with Gasteiger partial charge in [0.15, 0.2) is 23.1 Å². The van der Waals surface area contributed by atoms with Crippen molar-refractivity contribution in [1.82, 2.24) is 9.97 Å². The molecule has 0 spiro atoms. The molecular formula is C30H27FN4O7. The quantitative estimate of drug-likeness (QED) is 0.204. The van der Waals surface area contributed by atoms with Gasteiger partial charge in [0.25, 0.3) is 0 Å². The molecule has 2 heterocycles. The van der Waals surface area contributed by atoms with E-state index < -0.39 is 23.0 Å². The molecule has 0 saturated heterocycles. The lowest BCUT2D eigenvalue weighted by Crippen LogP contribution is -2.35. The molecule has 1 saturated carbocycles. The maximum atomic E-state index is 15.2. The number of methoxy groups -OCH3 is 1. The molecule has 216 valence electrons. The number of para-hydroxylation sites is 1. The van der Waals surface area contributed by atoms with E-state index in [0.29, 0.717) is 66.5 Å². The first-order valence-electron chi connectivity index (χ1n) is 13.3. The summed E-state index contributed by atoms with van der Waals surface area (Å²) in [4.78, 5) is 34.4. The first kappa shape index (κ1) is 27.2. The van der Waals surface area contributed by atoms with Crippen molar-refractivity contribution in [3.63, 3.8) is 0 Å². The number of rotatable bonds is 10. The third kappa shape index (κ3) is 5.36. The summed E-state index contributed by atoms with van der Waals surface area (Å²) in [5, 5.41) is 5.83. The lowest BCUT2D eigenvalue weighted by atomic mass is 10.0. The summed E-state index contributed by atoms with van der Waals surface area (Å²) in [6.45, 7) is 1.27. The molecule has 2 amide bonds. The average Bonchev–Trinajstić information content (AvgIpc) is 3.82. The normalized spacial score (nSPS) is 14.6. The highest BCUT2D eigenvalue weighted by atomic mass is 19.1. The molecule has 1 aromatic heterocycles. The Morgan fingerprint density at radius 3 is 2.36 bits per heavy atom. The molecule has 1 aliphatic heterocycles. The summed E-state index contributed by atoms with van der Waals surface area (Å²) in [6.07, 6.45) is 2.09. The minimum Gasteiger partial charge on any atom is -0.487 e. The van der Waals surface area contributed by atoms with Crippen LogP contribution in [0.25, 0.3) is 10.9 Å². The number of carbonyl (C=O) groups is 2. The Kier molecular flexibility index (Phi) is 7.44. The van der Waals surface area contributed by atoms with Crippen LogP contribution in [0.15, 0.2) is 60.9 Å². The molecular weight excluding hydrogens is 547 g/mol. The Balaban J connectivity index is 1.21. The molecule has 0 bridgehead atoms. The Bertz CT molecular complexity index is 1650. The van der Waals surface area contributed by atoms with Crippen molar-refractivity contribution in [3.05, 3.63) is 66.7 Å².